The third-order valence-corrected chi connectivity index (χ3v) is 3.27. The van der Waals surface area contributed by atoms with E-state index in [-0.39, 0.29) is 6.09 Å². The fraction of sp³-hybridized carbons (Fsp3) is 0.529. The standard InChI is InChI=1S/C17H26N4O2/c1-17(2,3)23-16(22)20(4)10-7-9-18-12-14-13-21-11-6-5-8-15(21)19-14/h5-6,8,11,13,18H,7,9-10,12H2,1-4H3. The van der Waals surface area contributed by atoms with Crippen molar-refractivity contribution >= 4 is 11.7 Å². The fourth-order valence-corrected chi connectivity index (χ4v) is 2.16. The van der Waals surface area contributed by atoms with Crippen LogP contribution in [0.1, 0.15) is 32.9 Å². The maximum atomic E-state index is 11.8. The van der Waals surface area contributed by atoms with Crippen molar-refractivity contribution in [2.75, 3.05) is 20.1 Å². The largest absolute Gasteiger partial charge is 0.444 e. The van der Waals surface area contributed by atoms with E-state index in [0.717, 1.165) is 30.9 Å². The number of ether oxygens (including phenoxy) is 1. The molecule has 0 aliphatic carbocycles. The molecule has 2 aromatic rings. The fourth-order valence-electron chi connectivity index (χ4n) is 2.16. The second-order valence-electron chi connectivity index (χ2n) is 6.63. The first-order valence-electron chi connectivity index (χ1n) is 7.92. The van der Waals surface area contributed by atoms with Crippen LogP contribution in [0.15, 0.2) is 30.6 Å². The summed E-state index contributed by atoms with van der Waals surface area (Å²) in [4.78, 5) is 18.0. The molecule has 6 heteroatoms. The molecule has 126 valence electrons. The van der Waals surface area contributed by atoms with Gasteiger partial charge in [-0.2, -0.15) is 0 Å². The van der Waals surface area contributed by atoms with E-state index in [0.29, 0.717) is 6.54 Å². The molecule has 2 rings (SSSR count). The van der Waals surface area contributed by atoms with Crippen LogP contribution in [0.5, 0.6) is 0 Å². The smallest absolute Gasteiger partial charge is 0.410 e. The summed E-state index contributed by atoms with van der Waals surface area (Å²) in [5.74, 6) is 0. The summed E-state index contributed by atoms with van der Waals surface area (Å²) in [5.41, 5.74) is 1.51. The summed E-state index contributed by atoms with van der Waals surface area (Å²) >= 11 is 0. The average Bonchev–Trinajstić information content (AvgIpc) is 2.87. The zero-order valence-corrected chi connectivity index (χ0v) is 14.4. The first kappa shape index (κ1) is 17.3. The molecule has 2 aromatic heterocycles. The Hall–Kier alpha value is -2.08. The highest BCUT2D eigenvalue weighted by Gasteiger charge is 2.18. The first-order valence-corrected chi connectivity index (χ1v) is 7.92. The minimum absolute atomic E-state index is 0.280. The number of carbonyl (C=O) groups is 1. The molecule has 0 saturated carbocycles. The van der Waals surface area contributed by atoms with Crippen molar-refractivity contribution in [2.45, 2.75) is 39.3 Å². The molecule has 0 unspecified atom stereocenters. The molecule has 0 aliphatic heterocycles. The van der Waals surface area contributed by atoms with E-state index in [1.54, 1.807) is 11.9 Å². The zero-order valence-electron chi connectivity index (χ0n) is 14.4. The number of amides is 1. The molecule has 0 saturated heterocycles. The van der Waals surface area contributed by atoms with Gasteiger partial charge in [0, 0.05) is 32.5 Å². The van der Waals surface area contributed by atoms with Crippen LogP contribution in [0.3, 0.4) is 0 Å². The summed E-state index contributed by atoms with van der Waals surface area (Å²) in [6.07, 6.45) is 4.60. The van der Waals surface area contributed by atoms with Gasteiger partial charge in [0.1, 0.15) is 11.2 Å². The Balaban J connectivity index is 1.66. The second kappa shape index (κ2) is 7.46. The van der Waals surface area contributed by atoms with Gasteiger partial charge >= 0.3 is 6.09 Å². The van der Waals surface area contributed by atoms with Crippen LogP contribution in [-0.4, -0.2) is 46.1 Å². The molecule has 0 aliphatic rings. The van der Waals surface area contributed by atoms with Crippen molar-refractivity contribution < 1.29 is 9.53 Å². The van der Waals surface area contributed by atoms with Gasteiger partial charge in [0.05, 0.1) is 5.69 Å². The Labute approximate surface area is 137 Å². The van der Waals surface area contributed by atoms with Crippen LogP contribution in [0.25, 0.3) is 5.65 Å². The van der Waals surface area contributed by atoms with Crippen molar-refractivity contribution in [3.05, 3.63) is 36.3 Å². The van der Waals surface area contributed by atoms with Gasteiger partial charge in [-0.05, 0) is 45.9 Å². The number of hydrogen-bond acceptors (Lipinski definition) is 4. The zero-order chi connectivity index (χ0) is 16.9. The Morgan fingerprint density at radius 3 is 2.87 bits per heavy atom. The van der Waals surface area contributed by atoms with Crippen LogP contribution >= 0.6 is 0 Å². The number of hydrogen-bond donors (Lipinski definition) is 1. The van der Waals surface area contributed by atoms with E-state index in [4.69, 9.17) is 4.74 Å². The Morgan fingerprint density at radius 1 is 1.39 bits per heavy atom. The number of imidazole rings is 1. The van der Waals surface area contributed by atoms with Crippen molar-refractivity contribution in [3.63, 3.8) is 0 Å². The minimum atomic E-state index is -0.452. The maximum Gasteiger partial charge on any atom is 0.410 e. The van der Waals surface area contributed by atoms with Crippen molar-refractivity contribution in [1.82, 2.24) is 19.6 Å². The Morgan fingerprint density at radius 2 is 2.17 bits per heavy atom. The van der Waals surface area contributed by atoms with Crippen LogP contribution in [-0.2, 0) is 11.3 Å². The number of nitrogens with one attached hydrogen (secondary N) is 1. The third-order valence-electron chi connectivity index (χ3n) is 3.27. The van der Waals surface area contributed by atoms with Gasteiger partial charge < -0.3 is 19.4 Å². The minimum Gasteiger partial charge on any atom is -0.444 e. The van der Waals surface area contributed by atoms with Crippen molar-refractivity contribution in [1.29, 1.82) is 0 Å². The summed E-state index contributed by atoms with van der Waals surface area (Å²) in [7, 11) is 1.76. The highest BCUT2D eigenvalue weighted by Crippen LogP contribution is 2.09. The lowest BCUT2D eigenvalue weighted by Crippen LogP contribution is -2.35. The maximum absolute atomic E-state index is 11.8. The van der Waals surface area contributed by atoms with Gasteiger partial charge in [-0.25, -0.2) is 9.78 Å². The predicted octanol–water partition coefficient (Wildman–Crippen LogP) is 2.68. The molecule has 6 nitrogen and oxygen atoms in total. The summed E-state index contributed by atoms with van der Waals surface area (Å²) in [6, 6.07) is 5.95. The first-order chi connectivity index (χ1) is 10.8. The Kier molecular flexibility index (Phi) is 5.60. The highest BCUT2D eigenvalue weighted by atomic mass is 16.6. The molecule has 23 heavy (non-hydrogen) atoms. The van der Waals surface area contributed by atoms with Gasteiger partial charge in [0.2, 0.25) is 0 Å². The number of fused-ring (bicyclic) bond motifs is 1. The lowest BCUT2D eigenvalue weighted by atomic mass is 10.2. The highest BCUT2D eigenvalue weighted by molar-refractivity contribution is 5.67. The molecule has 1 amide bonds. The second-order valence-corrected chi connectivity index (χ2v) is 6.63. The number of carbonyl (C=O) groups excluding carboxylic acids is 1. The van der Waals surface area contributed by atoms with E-state index in [9.17, 15) is 4.79 Å². The molecular weight excluding hydrogens is 292 g/mol. The molecular formula is C17H26N4O2. The lowest BCUT2D eigenvalue weighted by Gasteiger charge is -2.24. The molecule has 0 spiro atoms. The topological polar surface area (TPSA) is 58.9 Å². The monoisotopic (exact) mass is 318 g/mol. The quantitative estimate of drug-likeness (QED) is 0.832. The molecule has 0 bridgehead atoms. The van der Waals surface area contributed by atoms with Gasteiger partial charge in [-0.1, -0.05) is 6.07 Å². The van der Waals surface area contributed by atoms with Crippen molar-refractivity contribution in [3.8, 4) is 0 Å². The van der Waals surface area contributed by atoms with Crippen molar-refractivity contribution in [2.24, 2.45) is 0 Å². The molecule has 0 radical (unpaired) electrons. The van der Waals surface area contributed by atoms with Crippen LogP contribution in [0.4, 0.5) is 4.79 Å². The van der Waals surface area contributed by atoms with Gasteiger partial charge in [0.25, 0.3) is 0 Å². The van der Waals surface area contributed by atoms with Gasteiger partial charge in [-0.3, -0.25) is 0 Å². The molecule has 2 heterocycles. The lowest BCUT2D eigenvalue weighted by molar-refractivity contribution is 0.0297. The summed E-state index contributed by atoms with van der Waals surface area (Å²) in [5, 5.41) is 3.35. The normalized spacial score (nSPS) is 11.7. The Bertz CT molecular complexity index is 612. The summed E-state index contributed by atoms with van der Waals surface area (Å²) < 4.78 is 7.32. The van der Waals surface area contributed by atoms with E-state index >= 15 is 0 Å². The van der Waals surface area contributed by atoms with Gasteiger partial charge in [0.15, 0.2) is 0 Å². The SMILES string of the molecule is CN(CCCNCc1cn2ccccc2n1)C(=O)OC(C)(C)C. The number of aromatic nitrogens is 2. The number of rotatable bonds is 6. The summed E-state index contributed by atoms with van der Waals surface area (Å²) in [6.45, 7) is 7.81. The molecule has 0 aromatic carbocycles. The van der Waals surface area contributed by atoms with Crippen LogP contribution in [0, 0.1) is 0 Å². The number of nitrogens with zero attached hydrogens (tertiary/aromatic N) is 3. The van der Waals surface area contributed by atoms with E-state index in [2.05, 4.69) is 10.3 Å². The predicted molar refractivity (Wildman–Crippen MR) is 90.4 cm³/mol. The average molecular weight is 318 g/mol. The molecule has 0 fully saturated rings. The van der Waals surface area contributed by atoms with Crippen LogP contribution < -0.4 is 5.32 Å². The van der Waals surface area contributed by atoms with Crippen LogP contribution in [0.2, 0.25) is 0 Å². The molecule has 1 N–H and O–H groups in total. The van der Waals surface area contributed by atoms with Gasteiger partial charge in [-0.15, -0.1) is 0 Å². The van der Waals surface area contributed by atoms with E-state index < -0.39 is 5.60 Å². The number of pyridine rings is 1. The molecule has 0 atom stereocenters. The third kappa shape index (κ3) is 5.56. The van der Waals surface area contributed by atoms with E-state index in [1.807, 2.05) is 55.8 Å². The van der Waals surface area contributed by atoms with E-state index in [1.165, 1.54) is 0 Å².